The van der Waals surface area contributed by atoms with Gasteiger partial charge in [-0.05, 0) is 25.1 Å². The molecule has 2 rings (SSSR count). The van der Waals surface area contributed by atoms with Crippen LogP contribution in [0.25, 0.3) is 0 Å². The summed E-state index contributed by atoms with van der Waals surface area (Å²) >= 11 is 5.83. The van der Waals surface area contributed by atoms with Crippen molar-refractivity contribution in [2.75, 3.05) is 6.61 Å². The van der Waals surface area contributed by atoms with Crippen molar-refractivity contribution in [2.24, 2.45) is 0 Å². The lowest BCUT2D eigenvalue weighted by Crippen LogP contribution is -2.16. The van der Waals surface area contributed by atoms with E-state index in [2.05, 4.69) is 4.98 Å². The fourth-order valence-corrected chi connectivity index (χ4v) is 1.77. The third-order valence-corrected chi connectivity index (χ3v) is 2.71. The van der Waals surface area contributed by atoms with E-state index in [-0.39, 0.29) is 12.4 Å². The molecule has 1 heterocycles. The van der Waals surface area contributed by atoms with Gasteiger partial charge in [0.1, 0.15) is 5.75 Å². The predicted octanol–water partition coefficient (Wildman–Crippen LogP) is 2.82. The van der Waals surface area contributed by atoms with E-state index in [4.69, 9.17) is 16.3 Å². The van der Waals surface area contributed by atoms with Crippen LogP contribution < -0.4 is 4.74 Å². The molecule has 0 atom stereocenters. The number of hydrogen-bond acceptors (Lipinski definition) is 3. The van der Waals surface area contributed by atoms with Crippen molar-refractivity contribution in [1.82, 2.24) is 9.55 Å². The highest BCUT2D eigenvalue weighted by molar-refractivity contribution is 6.30. The predicted molar refractivity (Wildman–Crippen MR) is 69.2 cm³/mol. The van der Waals surface area contributed by atoms with Crippen LogP contribution in [0.4, 0.5) is 0 Å². The Bertz CT molecular complexity index is 551. The Morgan fingerprint density at radius 2 is 2.33 bits per heavy atom. The van der Waals surface area contributed by atoms with Crippen LogP contribution in [-0.2, 0) is 6.54 Å². The Morgan fingerprint density at radius 3 is 3.06 bits per heavy atom. The highest BCUT2D eigenvalue weighted by Crippen LogP contribution is 2.17. The van der Waals surface area contributed by atoms with Gasteiger partial charge in [-0.25, -0.2) is 4.98 Å². The van der Waals surface area contributed by atoms with E-state index >= 15 is 0 Å². The molecule has 0 aliphatic heterocycles. The molecule has 1 aromatic heterocycles. The van der Waals surface area contributed by atoms with Crippen LogP contribution >= 0.6 is 11.6 Å². The quantitative estimate of drug-likeness (QED) is 0.780. The first-order chi connectivity index (χ1) is 8.70. The third-order valence-electron chi connectivity index (χ3n) is 2.47. The summed E-state index contributed by atoms with van der Waals surface area (Å²) in [5.41, 5.74) is 0. The Hall–Kier alpha value is -1.81. The monoisotopic (exact) mass is 264 g/mol. The number of halogens is 1. The molecule has 0 bridgehead atoms. The maximum absolute atomic E-state index is 11.9. The Labute approximate surface area is 110 Å². The van der Waals surface area contributed by atoms with Crippen molar-refractivity contribution in [3.8, 4) is 5.75 Å². The fourth-order valence-electron chi connectivity index (χ4n) is 1.59. The summed E-state index contributed by atoms with van der Waals surface area (Å²) in [5, 5.41) is 0.579. The topological polar surface area (TPSA) is 44.1 Å². The standard InChI is InChI=1S/C13H13ClN2O2/c1-2-16-7-6-15-13(16)12(17)9-18-11-5-3-4-10(14)8-11/h3-8H,2,9H2,1H3. The number of Topliss-reactive ketones (excluding diaryl/α,β-unsaturated/α-hetero) is 1. The Kier molecular flexibility index (Phi) is 3.99. The van der Waals surface area contributed by atoms with E-state index in [1.54, 1.807) is 41.2 Å². The number of rotatable bonds is 5. The van der Waals surface area contributed by atoms with Crippen LogP contribution in [0.2, 0.25) is 5.02 Å². The van der Waals surface area contributed by atoms with Crippen LogP contribution in [0.15, 0.2) is 36.7 Å². The molecule has 1 aromatic carbocycles. The lowest BCUT2D eigenvalue weighted by Gasteiger charge is -2.06. The maximum Gasteiger partial charge on any atom is 0.235 e. The molecule has 2 aromatic rings. The first kappa shape index (κ1) is 12.6. The van der Waals surface area contributed by atoms with Gasteiger partial charge in [-0.3, -0.25) is 4.79 Å². The van der Waals surface area contributed by atoms with Crippen LogP contribution in [0.3, 0.4) is 0 Å². The van der Waals surface area contributed by atoms with Gasteiger partial charge in [0.2, 0.25) is 5.78 Å². The number of benzene rings is 1. The zero-order valence-electron chi connectivity index (χ0n) is 9.97. The molecular formula is C13H13ClN2O2. The number of carbonyl (C=O) groups excluding carboxylic acids is 1. The van der Waals surface area contributed by atoms with E-state index in [0.29, 0.717) is 23.1 Å². The van der Waals surface area contributed by atoms with Crippen LogP contribution in [0.5, 0.6) is 5.75 Å². The highest BCUT2D eigenvalue weighted by atomic mass is 35.5. The number of imidazole rings is 1. The van der Waals surface area contributed by atoms with Gasteiger partial charge in [0.05, 0.1) is 0 Å². The molecule has 0 amide bonds. The molecule has 5 heteroatoms. The lowest BCUT2D eigenvalue weighted by molar-refractivity contribution is 0.0907. The number of ether oxygens (including phenoxy) is 1. The van der Waals surface area contributed by atoms with Gasteiger partial charge in [0, 0.05) is 24.0 Å². The van der Waals surface area contributed by atoms with Crippen LogP contribution in [-0.4, -0.2) is 21.9 Å². The minimum Gasteiger partial charge on any atom is -0.485 e. The molecule has 0 fully saturated rings. The minimum atomic E-state index is -0.151. The molecule has 0 spiro atoms. The number of nitrogens with zero attached hydrogens (tertiary/aromatic N) is 2. The normalized spacial score (nSPS) is 10.3. The van der Waals surface area contributed by atoms with E-state index in [1.165, 1.54) is 0 Å². The number of hydrogen-bond donors (Lipinski definition) is 0. The largest absolute Gasteiger partial charge is 0.485 e. The van der Waals surface area contributed by atoms with Crippen molar-refractivity contribution >= 4 is 17.4 Å². The molecule has 94 valence electrons. The number of aryl methyl sites for hydroxylation is 1. The zero-order valence-corrected chi connectivity index (χ0v) is 10.7. The number of carbonyl (C=O) groups is 1. The van der Waals surface area contributed by atoms with Gasteiger partial charge < -0.3 is 9.30 Å². The lowest BCUT2D eigenvalue weighted by atomic mass is 10.3. The average Bonchev–Trinajstić information content (AvgIpc) is 2.84. The summed E-state index contributed by atoms with van der Waals surface area (Å²) in [4.78, 5) is 15.9. The van der Waals surface area contributed by atoms with E-state index in [0.717, 1.165) is 0 Å². The Balaban J connectivity index is 2.00. The molecule has 0 unspecified atom stereocenters. The van der Waals surface area contributed by atoms with Crippen molar-refractivity contribution in [3.05, 3.63) is 47.5 Å². The van der Waals surface area contributed by atoms with Gasteiger partial charge in [-0.2, -0.15) is 0 Å². The molecule has 0 saturated heterocycles. The van der Waals surface area contributed by atoms with Crippen LogP contribution in [0, 0.1) is 0 Å². The van der Waals surface area contributed by atoms with Crippen molar-refractivity contribution in [2.45, 2.75) is 13.5 Å². The maximum atomic E-state index is 11.9. The van der Waals surface area contributed by atoms with Gasteiger partial charge in [0.25, 0.3) is 0 Å². The minimum absolute atomic E-state index is 0.0443. The van der Waals surface area contributed by atoms with E-state index in [1.807, 2.05) is 6.92 Å². The van der Waals surface area contributed by atoms with Crippen molar-refractivity contribution < 1.29 is 9.53 Å². The second-order valence-electron chi connectivity index (χ2n) is 3.71. The summed E-state index contributed by atoms with van der Waals surface area (Å²) in [5.74, 6) is 0.840. The molecule has 0 aliphatic rings. The first-order valence-electron chi connectivity index (χ1n) is 5.63. The van der Waals surface area contributed by atoms with Crippen molar-refractivity contribution in [3.63, 3.8) is 0 Å². The van der Waals surface area contributed by atoms with Crippen LogP contribution in [0.1, 0.15) is 17.5 Å². The summed E-state index contributed by atoms with van der Waals surface area (Å²) in [6.45, 7) is 2.62. The van der Waals surface area contributed by atoms with E-state index in [9.17, 15) is 4.79 Å². The first-order valence-corrected chi connectivity index (χ1v) is 6.01. The highest BCUT2D eigenvalue weighted by Gasteiger charge is 2.12. The molecule has 0 N–H and O–H groups in total. The molecule has 0 aliphatic carbocycles. The third kappa shape index (κ3) is 2.90. The average molecular weight is 265 g/mol. The number of aromatic nitrogens is 2. The molecule has 4 nitrogen and oxygen atoms in total. The summed E-state index contributed by atoms with van der Waals surface area (Å²) < 4.78 is 7.17. The molecule has 0 radical (unpaired) electrons. The fraction of sp³-hybridized carbons (Fsp3) is 0.231. The molecular weight excluding hydrogens is 252 g/mol. The van der Waals surface area contributed by atoms with E-state index < -0.39 is 0 Å². The Morgan fingerprint density at radius 1 is 1.50 bits per heavy atom. The SMILES string of the molecule is CCn1ccnc1C(=O)COc1cccc(Cl)c1. The van der Waals surface area contributed by atoms with Crippen molar-refractivity contribution in [1.29, 1.82) is 0 Å². The van der Waals surface area contributed by atoms with Gasteiger partial charge in [-0.15, -0.1) is 0 Å². The second-order valence-corrected chi connectivity index (χ2v) is 4.14. The van der Waals surface area contributed by atoms with Gasteiger partial charge >= 0.3 is 0 Å². The van der Waals surface area contributed by atoms with Gasteiger partial charge in [0.15, 0.2) is 12.4 Å². The summed E-state index contributed by atoms with van der Waals surface area (Å²) in [7, 11) is 0. The second kappa shape index (κ2) is 5.69. The van der Waals surface area contributed by atoms with Gasteiger partial charge in [-0.1, -0.05) is 17.7 Å². The summed E-state index contributed by atoms with van der Waals surface area (Å²) in [6.07, 6.45) is 3.38. The molecule has 0 saturated carbocycles. The zero-order chi connectivity index (χ0) is 13.0. The smallest absolute Gasteiger partial charge is 0.235 e. The summed E-state index contributed by atoms with van der Waals surface area (Å²) in [6, 6.07) is 6.95. The number of ketones is 1. The molecule has 18 heavy (non-hydrogen) atoms.